The maximum atomic E-state index is 5.36. The average Bonchev–Trinajstić information content (AvgIpc) is 3.11. The number of aromatic amines is 1. The summed E-state index contributed by atoms with van der Waals surface area (Å²) in [7, 11) is 0. The third-order valence-corrected chi connectivity index (χ3v) is 4.50. The second kappa shape index (κ2) is 5.73. The third-order valence-electron chi connectivity index (χ3n) is 3.32. The van der Waals surface area contributed by atoms with Gasteiger partial charge in [-0.05, 0) is 35.1 Å². The van der Waals surface area contributed by atoms with E-state index in [1.807, 2.05) is 12.1 Å². The van der Waals surface area contributed by atoms with Crippen molar-refractivity contribution in [1.82, 2.24) is 14.8 Å². The molecule has 1 unspecified atom stereocenters. The molecule has 1 aromatic carbocycles. The molecule has 0 aliphatic rings. The zero-order chi connectivity index (χ0) is 13.9. The van der Waals surface area contributed by atoms with Gasteiger partial charge in [-0.25, -0.2) is 0 Å². The molecule has 0 bridgehead atoms. The van der Waals surface area contributed by atoms with Crippen LogP contribution in [0.3, 0.4) is 0 Å². The topological polar surface area (TPSA) is 33.6 Å². The van der Waals surface area contributed by atoms with E-state index >= 15 is 0 Å². The van der Waals surface area contributed by atoms with Gasteiger partial charge in [0.1, 0.15) is 0 Å². The first kappa shape index (κ1) is 13.3. The fraction of sp³-hybridized carbons (Fsp3) is 0.200. The molecule has 20 heavy (non-hydrogen) atoms. The molecule has 0 aliphatic heterocycles. The van der Waals surface area contributed by atoms with Crippen LogP contribution in [0.15, 0.2) is 47.8 Å². The summed E-state index contributed by atoms with van der Waals surface area (Å²) in [5.41, 5.74) is 1.31. The molecule has 0 fully saturated rings. The zero-order valence-electron chi connectivity index (χ0n) is 11.1. The van der Waals surface area contributed by atoms with Crippen molar-refractivity contribution in [2.45, 2.75) is 19.4 Å². The van der Waals surface area contributed by atoms with Crippen LogP contribution in [0.25, 0.3) is 10.7 Å². The number of aromatic nitrogens is 3. The minimum atomic E-state index is 0.388. The number of benzene rings is 1. The largest absolute Gasteiger partial charge is 0.299 e. The number of H-pyrrole nitrogens is 1. The van der Waals surface area contributed by atoms with Crippen molar-refractivity contribution in [3.8, 4) is 10.7 Å². The van der Waals surface area contributed by atoms with Crippen LogP contribution < -0.4 is 0 Å². The molecule has 102 valence electrons. The Labute approximate surface area is 126 Å². The summed E-state index contributed by atoms with van der Waals surface area (Å²) in [4.78, 5) is 1.14. The molecule has 0 amide bonds. The number of rotatable bonds is 4. The Bertz CT molecular complexity index is 726. The van der Waals surface area contributed by atoms with Gasteiger partial charge in [0.05, 0.1) is 4.88 Å². The molecule has 0 spiro atoms. The Morgan fingerprint density at radius 2 is 2.05 bits per heavy atom. The van der Waals surface area contributed by atoms with E-state index in [4.69, 9.17) is 12.2 Å². The summed E-state index contributed by atoms with van der Waals surface area (Å²) in [5.74, 6) is 1.31. The van der Waals surface area contributed by atoms with Crippen LogP contribution in [-0.4, -0.2) is 14.8 Å². The molecule has 1 N–H and O–H groups in total. The summed E-state index contributed by atoms with van der Waals surface area (Å²) < 4.78 is 2.76. The van der Waals surface area contributed by atoms with Crippen molar-refractivity contribution < 1.29 is 0 Å². The van der Waals surface area contributed by atoms with Gasteiger partial charge in [0.15, 0.2) is 10.6 Å². The van der Waals surface area contributed by atoms with Crippen molar-refractivity contribution in [2.24, 2.45) is 0 Å². The molecule has 0 saturated carbocycles. The molecule has 1 atom stereocenters. The van der Waals surface area contributed by atoms with Crippen LogP contribution in [0.4, 0.5) is 0 Å². The van der Waals surface area contributed by atoms with Crippen LogP contribution in [-0.2, 0) is 6.54 Å². The zero-order valence-corrected chi connectivity index (χ0v) is 12.7. The maximum Gasteiger partial charge on any atom is 0.195 e. The van der Waals surface area contributed by atoms with Crippen LogP contribution in [0.2, 0.25) is 0 Å². The Balaban J connectivity index is 1.92. The predicted molar refractivity (Wildman–Crippen MR) is 85.6 cm³/mol. The Hall–Kier alpha value is -1.72. The lowest BCUT2D eigenvalue weighted by Gasteiger charge is -2.13. The standard InChI is InChI=1S/C15H15N3S2/c1-11(12-6-3-2-4-7-12)10-18-14(16-17-15(18)19)13-8-5-9-20-13/h2-9,11H,10H2,1H3,(H,17,19). The fourth-order valence-electron chi connectivity index (χ4n) is 2.24. The van der Waals surface area contributed by atoms with E-state index in [-0.39, 0.29) is 0 Å². The molecule has 0 radical (unpaired) electrons. The van der Waals surface area contributed by atoms with Crippen molar-refractivity contribution in [3.63, 3.8) is 0 Å². The van der Waals surface area contributed by atoms with Crippen molar-refractivity contribution in [3.05, 3.63) is 58.2 Å². The first-order valence-electron chi connectivity index (χ1n) is 6.49. The molecule has 2 aromatic heterocycles. The highest BCUT2D eigenvalue weighted by Gasteiger charge is 2.13. The van der Waals surface area contributed by atoms with E-state index in [0.29, 0.717) is 10.7 Å². The monoisotopic (exact) mass is 301 g/mol. The van der Waals surface area contributed by atoms with Crippen molar-refractivity contribution >= 4 is 23.6 Å². The van der Waals surface area contributed by atoms with E-state index in [1.54, 1.807) is 11.3 Å². The minimum Gasteiger partial charge on any atom is -0.299 e. The SMILES string of the molecule is CC(Cn1c(-c2cccs2)n[nH]c1=S)c1ccccc1. The van der Waals surface area contributed by atoms with Gasteiger partial charge < -0.3 is 0 Å². The van der Waals surface area contributed by atoms with Gasteiger partial charge in [-0.15, -0.1) is 11.3 Å². The van der Waals surface area contributed by atoms with Crippen LogP contribution in [0.5, 0.6) is 0 Å². The molecule has 3 nitrogen and oxygen atoms in total. The molecule has 0 saturated heterocycles. The number of hydrogen-bond donors (Lipinski definition) is 1. The van der Waals surface area contributed by atoms with Gasteiger partial charge in [0.25, 0.3) is 0 Å². The minimum absolute atomic E-state index is 0.388. The van der Waals surface area contributed by atoms with E-state index in [0.717, 1.165) is 17.2 Å². The molecule has 2 heterocycles. The summed E-state index contributed by atoms with van der Waals surface area (Å²) >= 11 is 7.04. The predicted octanol–water partition coefficient (Wildman–Crippen LogP) is 4.47. The molecular weight excluding hydrogens is 286 g/mol. The smallest absolute Gasteiger partial charge is 0.195 e. The Morgan fingerprint density at radius 3 is 2.75 bits per heavy atom. The van der Waals surface area contributed by atoms with E-state index in [1.165, 1.54) is 5.56 Å². The molecule has 0 aliphatic carbocycles. The van der Waals surface area contributed by atoms with Crippen LogP contribution in [0, 0.1) is 4.77 Å². The quantitative estimate of drug-likeness (QED) is 0.721. The first-order valence-corrected chi connectivity index (χ1v) is 7.78. The summed E-state index contributed by atoms with van der Waals surface area (Å²) in [6.07, 6.45) is 0. The first-order chi connectivity index (χ1) is 9.75. The second-order valence-electron chi connectivity index (χ2n) is 4.75. The molecular formula is C15H15N3S2. The van der Waals surface area contributed by atoms with E-state index in [9.17, 15) is 0 Å². The summed E-state index contributed by atoms with van der Waals surface area (Å²) in [5, 5.41) is 9.32. The molecule has 5 heteroatoms. The molecule has 3 aromatic rings. The highest BCUT2D eigenvalue weighted by atomic mass is 32.1. The van der Waals surface area contributed by atoms with Gasteiger partial charge in [-0.2, -0.15) is 5.10 Å². The lowest BCUT2D eigenvalue weighted by Crippen LogP contribution is -2.07. The van der Waals surface area contributed by atoms with Crippen molar-refractivity contribution in [1.29, 1.82) is 0 Å². The third kappa shape index (κ3) is 2.59. The molecule has 3 rings (SSSR count). The number of hydrogen-bond acceptors (Lipinski definition) is 3. The lowest BCUT2D eigenvalue weighted by atomic mass is 10.0. The number of thiophene rings is 1. The van der Waals surface area contributed by atoms with Gasteiger partial charge in [0, 0.05) is 6.54 Å². The van der Waals surface area contributed by atoms with Gasteiger partial charge >= 0.3 is 0 Å². The van der Waals surface area contributed by atoms with Gasteiger partial charge in [0.2, 0.25) is 0 Å². The van der Waals surface area contributed by atoms with Crippen LogP contribution >= 0.6 is 23.6 Å². The summed E-state index contributed by atoms with van der Waals surface area (Å²) in [6, 6.07) is 14.6. The van der Waals surface area contributed by atoms with Crippen LogP contribution in [0.1, 0.15) is 18.4 Å². The van der Waals surface area contributed by atoms with Gasteiger partial charge in [-0.1, -0.05) is 43.3 Å². The second-order valence-corrected chi connectivity index (χ2v) is 6.09. The summed E-state index contributed by atoms with van der Waals surface area (Å²) in [6.45, 7) is 3.04. The normalized spacial score (nSPS) is 12.4. The van der Waals surface area contributed by atoms with Crippen molar-refractivity contribution in [2.75, 3.05) is 0 Å². The maximum absolute atomic E-state index is 5.36. The Morgan fingerprint density at radius 1 is 1.25 bits per heavy atom. The average molecular weight is 301 g/mol. The lowest BCUT2D eigenvalue weighted by molar-refractivity contribution is 0.595. The number of nitrogens with zero attached hydrogens (tertiary/aromatic N) is 2. The number of nitrogens with one attached hydrogen (secondary N) is 1. The fourth-order valence-corrected chi connectivity index (χ4v) is 3.17. The Kier molecular flexibility index (Phi) is 3.80. The highest BCUT2D eigenvalue weighted by Crippen LogP contribution is 2.25. The van der Waals surface area contributed by atoms with E-state index < -0.39 is 0 Å². The van der Waals surface area contributed by atoms with Gasteiger partial charge in [-0.3, -0.25) is 9.67 Å². The highest BCUT2D eigenvalue weighted by molar-refractivity contribution is 7.71. The van der Waals surface area contributed by atoms with E-state index in [2.05, 4.69) is 57.4 Å².